The van der Waals surface area contributed by atoms with E-state index in [0.717, 1.165) is 31.2 Å². The fraction of sp³-hybridized carbons (Fsp3) is 0.556. The number of benzene rings is 1. The van der Waals surface area contributed by atoms with Crippen molar-refractivity contribution in [2.45, 2.75) is 44.3 Å². The minimum Gasteiger partial charge on any atom is -0.440 e. The van der Waals surface area contributed by atoms with Gasteiger partial charge >= 0.3 is 12.3 Å². The van der Waals surface area contributed by atoms with Crippen molar-refractivity contribution in [2.75, 3.05) is 13.2 Å². The van der Waals surface area contributed by atoms with Crippen molar-refractivity contribution in [1.82, 2.24) is 10.6 Å². The van der Waals surface area contributed by atoms with E-state index in [1.807, 2.05) is 0 Å². The molecule has 1 fully saturated rings. The number of carbonyl (C=O) groups is 2. The van der Waals surface area contributed by atoms with Crippen molar-refractivity contribution in [3.8, 4) is 0 Å². The first-order chi connectivity index (χ1) is 12.7. The Labute approximate surface area is 154 Å². The van der Waals surface area contributed by atoms with Gasteiger partial charge in [0.25, 0.3) is 0 Å². The van der Waals surface area contributed by atoms with E-state index in [1.165, 1.54) is 12.1 Å². The number of amides is 2. The van der Waals surface area contributed by atoms with Crippen LogP contribution in [0.3, 0.4) is 0 Å². The van der Waals surface area contributed by atoms with Crippen molar-refractivity contribution in [1.29, 1.82) is 0 Å². The Bertz CT molecular complexity index is 628. The number of nitrogens with one attached hydrogen (secondary N) is 2. The van der Waals surface area contributed by atoms with Crippen LogP contribution >= 0.6 is 0 Å². The van der Waals surface area contributed by atoms with E-state index >= 15 is 0 Å². The SMILES string of the molecule is O=C(CCNC(=O)OCC(F)(F)F)NC(c1ccc(F)cc1)C1CCCC1. The zero-order chi connectivity index (χ0) is 19.9. The summed E-state index contributed by atoms with van der Waals surface area (Å²) in [6.07, 6.45) is -1.92. The Kier molecular flexibility index (Phi) is 7.44. The summed E-state index contributed by atoms with van der Waals surface area (Å²) < 4.78 is 53.0. The van der Waals surface area contributed by atoms with Crippen molar-refractivity contribution in [3.63, 3.8) is 0 Å². The van der Waals surface area contributed by atoms with Crippen molar-refractivity contribution in [3.05, 3.63) is 35.6 Å². The largest absolute Gasteiger partial charge is 0.440 e. The fourth-order valence-corrected chi connectivity index (χ4v) is 3.16. The number of halogens is 4. The maximum atomic E-state index is 13.2. The molecule has 2 N–H and O–H groups in total. The lowest BCUT2D eigenvalue weighted by atomic mass is 9.91. The number of hydrogen-bond acceptors (Lipinski definition) is 3. The zero-order valence-corrected chi connectivity index (χ0v) is 14.7. The number of rotatable bonds is 7. The van der Waals surface area contributed by atoms with E-state index in [4.69, 9.17) is 0 Å². The van der Waals surface area contributed by atoms with Crippen LogP contribution in [0.1, 0.15) is 43.7 Å². The molecule has 1 unspecified atom stereocenters. The monoisotopic (exact) mass is 390 g/mol. The summed E-state index contributed by atoms with van der Waals surface area (Å²) in [5, 5.41) is 5.00. The Hall–Kier alpha value is -2.32. The van der Waals surface area contributed by atoms with Gasteiger partial charge in [0.05, 0.1) is 6.04 Å². The summed E-state index contributed by atoms with van der Waals surface area (Å²) in [6.45, 7) is -1.83. The van der Waals surface area contributed by atoms with Gasteiger partial charge in [-0.15, -0.1) is 0 Å². The van der Waals surface area contributed by atoms with Gasteiger partial charge in [0.1, 0.15) is 5.82 Å². The van der Waals surface area contributed by atoms with Gasteiger partial charge in [-0.2, -0.15) is 13.2 Å². The summed E-state index contributed by atoms with van der Waals surface area (Å²) >= 11 is 0. The minimum absolute atomic E-state index is 0.106. The second kappa shape index (κ2) is 9.57. The van der Waals surface area contributed by atoms with Gasteiger partial charge in [-0.25, -0.2) is 9.18 Å². The summed E-state index contributed by atoms with van der Waals surface area (Å²) in [5.74, 6) is -0.478. The topological polar surface area (TPSA) is 67.4 Å². The van der Waals surface area contributed by atoms with E-state index in [1.54, 1.807) is 12.1 Å². The maximum absolute atomic E-state index is 13.2. The molecule has 0 aliphatic heterocycles. The van der Waals surface area contributed by atoms with Crippen LogP contribution in [0.5, 0.6) is 0 Å². The summed E-state index contributed by atoms with van der Waals surface area (Å²) in [5.41, 5.74) is 0.800. The normalized spacial score (nSPS) is 16.0. The van der Waals surface area contributed by atoms with E-state index in [9.17, 15) is 27.2 Å². The molecule has 1 aliphatic rings. The van der Waals surface area contributed by atoms with Gasteiger partial charge in [0.2, 0.25) is 5.91 Å². The van der Waals surface area contributed by atoms with Crippen molar-refractivity contribution >= 4 is 12.0 Å². The Morgan fingerprint density at radius 2 is 1.78 bits per heavy atom. The van der Waals surface area contributed by atoms with E-state index < -0.39 is 18.9 Å². The van der Waals surface area contributed by atoms with Crippen LogP contribution in [0.2, 0.25) is 0 Å². The van der Waals surface area contributed by atoms with Crippen LogP contribution in [0, 0.1) is 11.7 Å². The number of alkyl halides is 3. The van der Waals surface area contributed by atoms with Gasteiger partial charge in [-0.1, -0.05) is 25.0 Å². The maximum Gasteiger partial charge on any atom is 0.422 e. The highest BCUT2D eigenvalue weighted by atomic mass is 19.4. The standard InChI is InChI=1S/C18H22F4N2O3/c19-14-7-5-13(6-8-14)16(12-3-1-2-4-12)24-15(25)9-10-23-17(26)27-11-18(20,21)22/h5-8,12,16H,1-4,9-11H2,(H,23,26)(H,24,25). The smallest absolute Gasteiger partial charge is 0.422 e. The van der Waals surface area contributed by atoms with Gasteiger partial charge in [-0.3, -0.25) is 4.79 Å². The summed E-state index contributed by atoms with van der Waals surface area (Å²) in [7, 11) is 0. The van der Waals surface area contributed by atoms with E-state index in [0.29, 0.717) is 0 Å². The van der Waals surface area contributed by atoms with Crippen LogP contribution in [0.4, 0.5) is 22.4 Å². The third kappa shape index (κ3) is 7.44. The highest BCUT2D eigenvalue weighted by Crippen LogP contribution is 2.35. The molecule has 0 spiro atoms. The second-order valence-corrected chi connectivity index (χ2v) is 6.51. The van der Waals surface area contributed by atoms with Gasteiger partial charge in [-0.05, 0) is 36.5 Å². The highest BCUT2D eigenvalue weighted by Gasteiger charge is 2.30. The van der Waals surface area contributed by atoms with E-state index in [-0.39, 0.29) is 36.6 Å². The average Bonchev–Trinajstić information content (AvgIpc) is 3.12. The predicted octanol–water partition coefficient (Wildman–Crippen LogP) is 3.85. The molecule has 150 valence electrons. The lowest BCUT2D eigenvalue weighted by Gasteiger charge is -2.25. The average molecular weight is 390 g/mol. The zero-order valence-electron chi connectivity index (χ0n) is 14.7. The molecule has 1 aromatic carbocycles. The molecule has 2 rings (SSSR count). The van der Waals surface area contributed by atoms with Crippen LogP contribution < -0.4 is 10.6 Å². The second-order valence-electron chi connectivity index (χ2n) is 6.51. The third-order valence-corrected chi connectivity index (χ3v) is 4.41. The first kappa shape index (κ1) is 21.0. The molecule has 1 aromatic rings. The molecule has 2 amide bonds. The molecular formula is C18H22F4N2O3. The number of hydrogen-bond donors (Lipinski definition) is 2. The molecule has 0 aromatic heterocycles. The minimum atomic E-state index is -4.60. The van der Waals surface area contributed by atoms with Crippen LogP contribution in [-0.2, 0) is 9.53 Å². The molecule has 0 bridgehead atoms. The lowest BCUT2D eigenvalue weighted by molar-refractivity contribution is -0.160. The summed E-state index contributed by atoms with van der Waals surface area (Å²) in [6, 6.07) is 5.66. The number of carbonyl (C=O) groups excluding carboxylic acids is 2. The summed E-state index contributed by atoms with van der Waals surface area (Å²) in [4.78, 5) is 23.3. The van der Waals surface area contributed by atoms with Gasteiger partial charge in [0.15, 0.2) is 6.61 Å². The molecule has 1 aliphatic carbocycles. The molecular weight excluding hydrogens is 368 g/mol. The number of alkyl carbamates (subject to hydrolysis) is 1. The Morgan fingerprint density at radius 1 is 1.15 bits per heavy atom. The molecule has 9 heteroatoms. The number of ether oxygens (including phenoxy) is 1. The van der Waals surface area contributed by atoms with Gasteiger partial charge < -0.3 is 15.4 Å². The van der Waals surface area contributed by atoms with Crippen LogP contribution in [0.15, 0.2) is 24.3 Å². The fourth-order valence-electron chi connectivity index (χ4n) is 3.16. The molecule has 1 atom stereocenters. The predicted molar refractivity (Wildman–Crippen MR) is 89.3 cm³/mol. The molecule has 1 saturated carbocycles. The first-order valence-corrected chi connectivity index (χ1v) is 8.77. The van der Waals surface area contributed by atoms with Crippen LogP contribution in [-0.4, -0.2) is 31.3 Å². The van der Waals surface area contributed by atoms with Gasteiger partial charge in [0, 0.05) is 13.0 Å². The molecule has 0 saturated heterocycles. The van der Waals surface area contributed by atoms with Crippen LogP contribution in [0.25, 0.3) is 0 Å². The molecule has 0 radical (unpaired) electrons. The van der Waals surface area contributed by atoms with Crippen molar-refractivity contribution in [2.24, 2.45) is 5.92 Å². The Morgan fingerprint density at radius 3 is 2.37 bits per heavy atom. The lowest BCUT2D eigenvalue weighted by Crippen LogP contribution is -2.36. The molecule has 0 heterocycles. The third-order valence-electron chi connectivity index (χ3n) is 4.41. The van der Waals surface area contributed by atoms with Crippen molar-refractivity contribution < 1.29 is 31.9 Å². The quantitative estimate of drug-likeness (QED) is 0.695. The first-order valence-electron chi connectivity index (χ1n) is 8.77. The highest BCUT2D eigenvalue weighted by molar-refractivity contribution is 5.77. The molecule has 27 heavy (non-hydrogen) atoms. The van der Waals surface area contributed by atoms with E-state index in [2.05, 4.69) is 15.4 Å². The molecule has 5 nitrogen and oxygen atoms in total. The Balaban J connectivity index is 1.83.